The lowest BCUT2D eigenvalue weighted by Gasteiger charge is -2.16. The van der Waals surface area contributed by atoms with E-state index in [-0.39, 0.29) is 0 Å². The number of rotatable bonds is 4. The largest absolute Gasteiger partial charge is 0.381 e. The van der Waals surface area contributed by atoms with E-state index in [1.165, 1.54) is 12.8 Å². The summed E-state index contributed by atoms with van der Waals surface area (Å²) in [4.78, 5) is 13.3. The van der Waals surface area contributed by atoms with Crippen LogP contribution in [0.4, 0.5) is 0 Å². The number of carbonyl (C=O) groups excluding carboxylic acids is 1. The van der Waals surface area contributed by atoms with Crippen LogP contribution in [0.2, 0.25) is 0 Å². The fourth-order valence-corrected chi connectivity index (χ4v) is 1.92. The average Bonchev–Trinajstić information content (AvgIpc) is 2.52. The fourth-order valence-electron chi connectivity index (χ4n) is 1.92. The molecule has 1 saturated carbocycles. The van der Waals surface area contributed by atoms with Crippen LogP contribution in [0.1, 0.15) is 25.7 Å². The third kappa shape index (κ3) is 2.43. The van der Waals surface area contributed by atoms with Crippen LogP contribution in [-0.4, -0.2) is 25.8 Å². The van der Waals surface area contributed by atoms with Crippen LogP contribution in [-0.2, 0) is 9.53 Å². The summed E-state index contributed by atoms with van der Waals surface area (Å²) in [5.41, 5.74) is 0. The minimum Gasteiger partial charge on any atom is -0.381 e. The molecule has 0 spiro atoms. The van der Waals surface area contributed by atoms with Crippen LogP contribution in [0.25, 0.3) is 0 Å². The summed E-state index contributed by atoms with van der Waals surface area (Å²) in [7, 11) is 1.76. The molecule has 0 N–H and O–H groups in total. The van der Waals surface area contributed by atoms with Crippen molar-refractivity contribution in [3.63, 3.8) is 0 Å². The Morgan fingerprint density at radius 3 is 3.08 bits per heavy atom. The molecule has 1 rings (SSSR count). The first-order chi connectivity index (χ1) is 5.88. The summed E-state index contributed by atoms with van der Waals surface area (Å²) in [5.74, 6) is 0.604. The first kappa shape index (κ1) is 9.43. The van der Waals surface area contributed by atoms with Crippen LogP contribution in [0.15, 0.2) is 4.99 Å². The van der Waals surface area contributed by atoms with Gasteiger partial charge in [0.2, 0.25) is 6.08 Å². The zero-order valence-electron chi connectivity index (χ0n) is 7.45. The Bertz CT molecular complexity index is 175. The Labute approximate surface area is 72.8 Å². The maximum atomic E-state index is 9.81. The van der Waals surface area contributed by atoms with Gasteiger partial charge in [-0.25, -0.2) is 9.79 Å². The molecule has 3 nitrogen and oxygen atoms in total. The van der Waals surface area contributed by atoms with E-state index in [1.54, 1.807) is 13.2 Å². The molecule has 2 unspecified atom stereocenters. The monoisotopic (exact) mass is 169 g/mol. The van der Waals surface area contributed by atoms with E-state index in [9.17, 15) is 4.79 Å². The van der Waals surface area contributed by atoms with E-state index in [2.05, 4.69) is 4.99 Å². The number of methoxy groups -OCH3 is 1. The molecule has 0 aromatic rings. The van der Waals surface area contributed by atoms with Crippen molar-refractivity contribution in [2.24, 2.45) is 10.9 Å². The molecule has 2 atom stereocenters. The lowest BCUT2D eigenvalue weighted by atomic mass is 10.0. The van der Waals surface area contributed by atoms with E-state index < -0.39 is 0 Å². The molecule has 0 aromatic heterocycles. The lowest BCUT2D eigenvalue weighted by Crippen LogP contribution is -2.16. The molecule has 0 amide bonds. The molecule has 0 saturated heterocycles. The molecule has 1 aliphatic carbocycles. The van der Waals surface area contributed by atoms with Crippen LogP contribution < -0.4 is 0 Å². The van der Waals surface area contributed by atoms with Crippen molar-refractivity contribution >= 4 is 6.08 Å². The number of hydrogen-bond acceptors (Lipinski definition) is 3. The second kappa shape index (κ2) is 5.07. The van der Waals surface area contributed by atoms with Crippen molar-refractivity contribution in [3.8, 4) is 0 Å². The third-order valence-corrected chi connectivity index (χ3v) is 2.57. The van der Waals surface area contributed by atoms with Crippen molar-refractivity contribution in [3.05, 3.63) is 0 Å². The standard InChI is InChI=1S/C9H15NO2/c1-12-9-4-2-3-8(9)5-6-10-7-11/h8-9H,2-6H2,1H3. The van der Waals surface area contributed by atoms with Gasteiger partial charge in [0.1, 0.15) is 0 Å². The summed E-state index contributed by atoms with van der Waals surface area (Å²) in [6.07, 6.45) is 6.54. The van der Waals surface area contributed by atoms with Gasteiger partial charge in [0, 0.05) is 7.11 Å². The van der Waals surface area contributed by atoms with E-state index >= 15 is 0 Å². The lowest BCUT2D eigenvalue weighted by molar-refractivity contribution is 0.0690. The number of hydrogen-bond donors (Lipinski definition) is 0. The number of aliphatic imine (C=N–C) groups is 1. The van der Waals surface area contributed by atoms with Crippen molar-refractivity contribution in [2.45, 2.75) is 31.8 Å². The van der Waals surface area contributed by atoms with Gasteiger partial charge < -0.3 is 4.74 Å². The highest BCUT2D eigenvalue weighted by Crippen LogP contribution is 2.30. The van der Waals surface area contributed by atoms with Crippen LogP contribution in [0.3, 0.4) is 0 Å². The van der Waals surface area contributed by atoms with Gasteiger partial charge in [-0.3, -0.25) is 0 Å². The molecular formula is C9H15NO2. The smallest absolute Gasteiger partial charge is 0.234 e. The minimum absolute atomic E-state index is 0.395. The highest BCUT2D eigenvalue weighted by molar-refractivity contribution is 5.32. The van der Waals surface area contributed by atoms with Gasteiger partial charge in [-0.1, -0.05) is 6.42 Å². The Morgan fingerprint density at radius 2 is 2.42 bits per heavy atom. The van der Waals surface area contributed by atoms with Gasteiger partial charge in [-0.2, -0.15) is 0 Å². The zero-order valence-corrected chi connectivity index (χ0v) is 7.45. The summed E-state index contributed by atoms with van der Waals surface area (Å²) < 4.78 is 5.31. The second-order valence-electron chi connectivity index (χ2n) is 3.23. The Kier molecular flexibility index (Phi) is 3.98. The second-order valence-corrected chi connectivity index (χ2v) is 3.23. The summed E-state index contributed by atoms with van der Waals surface area (Å²) in [6, 6.07) is 0. The molecule has 0 heterocycles. The molecule has 0 aromatic carbocycles. The van der Waals surface area contributed by atoms with Crippen molar-refractivity contribution in [1.29, 1.82) is 0 Å². The SMILES string of the molecule is COC1CCCC1CCN=C=O. The first-order valence-electron chi connectivity index (χ1n) is 4.45. The van der Waals surface area contributed by atoms with Crippen molar-refractivity contribution in [2.75, 3.05) is 13.7 Å². The molecule has 0 aliphatic heterocycles. The zero-order chi connectivity index (χ0) is 8.81. The first-order valence-corrected chi connectivity index (χ1v) is 4.45. The minimum atomic E-state index is 0.395. The van der Waals surface area contributed by atoms with Crippen molar-refractivity contribution < 1.29 is 9.53 Å². The van der Waals surface area contributed by atoms with Gasteiger partial charge in [0.15, 0.2) is 0 Å². The maximum absolute atomic E-state index is 9.81. The van der Waals surface area contributed by atoms with Gasteiger partial charge in [0.05, 0.1) is 12.6 Å². The van der Waals surface area contributed by atoms with Crippen LogP contribution in [0.5, 0.6) is 0 Å². The Hall–Kier alpha value is -0.660. The quantitative estimate of drug-likeness (QED) is 0.473. The Balaban J connectivity index is 2.25. The summed E-state index contributed by atoms with van der Waals surface area (Å²) >= 11 is 0. The summed E-state index contributed by atoms with van der Waals surface area (Å²) in [6.45, 7) is 0.605. The molecular weight excluding hydrogens is 154 g/mol. The van der Waals surface area contributed by atoms with Crippen molar-refractivity contribution in [1.82, 2.24) is 0 Å². The Morgan fingerprint density at radius 1 is 1.58 bits per heavy atom. The van der Waals surface area contributed by atoms with Gasteiger partial charge >= 0.3 is 0 Å². The predicted molar refractivity (Wildman–Crippen MR) is 45.7 cm³/mol. The molecule has 1 aliphatic rings. The molecule has 0 radical (unpaired) electrons. The molecule has 1 fully saturated rings. The predicted octanol–water partition coefficient (Wildman–Crippen LogP) is 1.53. The van der Waals surface area contributed by atoms with E-state index in [1.807, 2.05) is 0 Å². The number of isocyanates is 1. The average molecular weight is 169 g/mol. The topological polar surface area (TPSA) is 38.7 Å². The van der Waals surface area contributed by atoms with Gasteiger partial charge in [-0.15, -0.1) is 0 Å². The van der Waals surface area contributed by atoms with E-state index in [0.29, 0.717) is 18.6 Å². The number of nitrogens with zero attached hydrogens (tertiary/aromatic N) is 1. The molecule has 3 heteroatoms. The summed E-state index contributed by atoms with van der Waals surface area (Å²) in [5, 5.41) is 0. The van der Waals surface area contributed by atoms with Gasteiger partial charge in [0.25, 0.3) is 0 Å². The molecule has 12 heavy (non-hydrogen) atoms. The number of ether oxygens (including phenoxy) is 1. The van der Waals surface area contributed by atoms with Crippen LogP contribution >= 0.6 is 0 Å². The normalized spacial score (nSPS) is 28.4. The third-order valence-electron chi connectivity index (χ3n) is 2.57. The van der Waals surface area contributed by atoms with E-state index in [4.69, 9.17) is 4.74 Å². The molecule has 0 bridgehead atoms. The fraction of sp³-hybridized carbons (Fsp3) is 0.889. The van der Waals surface area contributed by atoms with Crippen LogP contribution in [0, 0.1) is 5.92 Å². The van der Waals surface area contributed by atoms with E-state index in [0.717, 1.165) is 12.8 Å². The van der Waals surface area contributed by atoms with Gasteiger partial charge in [-0.05, 0) is 25.2 Å². The maximum Gasteiger partial charge on any atom is 0.234 e. The highest BCUT2D eigenvalue weighted by Gasteiger charge is 2.26. The molecule has 68 valence electrons. The highest BCUT2D eigenvalue weighted by atomic mass is 16.5.